The Hall–Kier alpha value is -0.470. The van der Waals surface area contributed by atoms with Crippen molar-refractivity contribution in [3.8, 4) is 0 Å². The molecule has 4 heteroatoms. The highest BCUT2D eigenvalue weighted by molar-refractivity contribution is 7.44. The second kappa shape index (κ2) is 8.60. The number of hydrogen-bond acceptors (Lipinski definition) is 3. The van der Waals surface area contributed by atoms with Crippen LogP contribution in [0.15, 0.2) is 30.3 Å². The van der Waals surface area contributed by atoms with E-state index < -0.39 is 8.53 Å². The van der Waals surface area contributed by atoms with Crippen LogP contribution in [-0.2, 0) is 9.05 Å². The van der Waals surface area contributed by atoms with E-state index in [1.165, 1.54) is 5.56 Å². The van der Waals surface area contributed by atoms with Crippen LogP contribution in [0, 0.1) is 0 Å². The summed E-state index contributed by atoms with van der Waals surface area (Å²) < 4.78 is 11.0. The van der Waals surface area contributed by atoms with Crippen molar-refractivity contribution < 1.29 is 9.05 Å². The SMILES string of the molecule is CCOP(NCC(C)c1ccccc1)OCC. The van der Waals surface area contributed by atoms with Gasteiger partial charge < -0.3 is 9.05 Å². The Labute approximate surface area is 105 Å². The summed E-state index contributed by atoms with van der Waals surface area (Å²) in [6.45, 7) is 8.40. The molecule has 1 aromatic carbocycles. The molecule has 0 bridgehead atoms. The minimum Gasteiger partial charge on any atom is -0.322 e. The van der Waals surface area contributed by atoms with Crippen molar-refractivity contribution in [2.75, 3.05) is 19.8 Å². The second-order valence-electron chi connectivity index (χ2n) is 3.77. The third kappa shape index (κ3) is 5.60. The average molecular weight is 255 g/mol. The molecule has 0 saturated carbocycles. The molecule has 0 aromatic heterocycles. The van der Waals surface area contributed by atoms with Gasteiger partial charge in [0, 0.05) is 6.54 Å². The molecule has 3 nitrogen and oxygen atoms in total. The first kappa shape index (κ1) is 14.6. The zero-order chi connectivity index (χ0) is 12.5. The molecule has 1 unspecified atom stereocenters. The predicted molar refractivity (Wildman–Crippen MR) is 73.0 cm³/mol. The van der Waals surface area contributed by atoms with Gasteiger partial charge in [0.2, 0.25) is 0 Å². The summed E-state index contributed by atoms with van der Waals surface area (Å²) in [7, 11) is -0.934. The van der Waals surface area contributed by atoms with Crippen molar-refractivity contribution in [3.63, 3.8) is 0 Å². The maximum atomic E-state index is 5.50. The highest BCUT2D eigenvalue weighted by Gasteiger charge is 2.11. The largest absolute Gasteiger partial charge is 0.322 e. The van der Waals surface area contributed by atoms with Crippen molar-refractivity contribution in [3.05, 3.63) is 35.9 Å². The summed E-state index contributed by atoms with van der Waals surface area (Å²) in [6.07, 6.45) is 0. The molecule has 1 rings (SSSR count). The lowest BCUT2D eigenvalue weighted by Crippen LogP contribution is -2.17. The van der Waals surface area contributed by atoms with Gasteiger partial charge in [-0.15, -0.1) is 0 Å². The Morgan fingerprint density at radius 2 is 1.71 bits per heavy atom. The first-order valence-corrected chi connectivity index (χ1v) is 7.30. The molecule has 0 aliphatic heterocycles. The third-order valence-electron chi connectivity index (χ3n) is 2.39. The van der Waals surface area contributed by atoms with E-state index >= 15 is 0 Å². The van der Waals surface area contributed by atoms with Gasteiger partial charge in [0.15, 0.2) is 0 Å². The molecule has 1 aromatic rings. The summed E-state index contributed by atoms with van der Waals surface area (Å²) in [4.78, 5) is 0. The number of nitrogens with one attached hydrogen (secondary N) is 1. The smallest absolute Gasteiger partial charge is 0.255 e. The molecule has 17 heavy (non-hydrogen) atoms. The van der Waals surface area contributed by atoms with Crippen molar-refractivity contribution in [2.45, 2.75) is 26.7 Å². The second-order valence-corrected chi connectivity index (χ2v) is 5.11. The Balaban J connectivity index is 2.38. The monoisotopic (exact) mass is 255 g/mol. The maximum absolute atomic E-state index is 5.50. The van der Waals surface area contributed by atoms with Crippen molar-refractivity contribution in [2.24, 2.45) is 0 Å². The van der Waals surface area contributed by atoms with Gasteiger partial charge in [-0.05, 0) is 25.3 Å². The van der Waals surface area contributed by atoms with Gasteiger partial charge in [0.05, 0.1) is 13.2 Å². The molecule has 0 aliphatic rings. The Kier molecular flexibility index (Phi) is 7.38. The summed E-state index contributed by atoms with van der Waals surface area (Å²) in [5, 5.41) is 3.34. The van der Waals surface area contributed by atoms with Crippen LogP contribution in [0.3, 0.4) is 0 Å². The van der Waals surface area contributed by atoms with Crippen LogP contribution in [0.5, 0.6) is 0 Å². The molecule has 0 heterocycles. The van der Waals surface area contributed by atoms with E-state index in [4.69, 9.17) is 9.05 Å². The summed E-state index contributed by atoms with van der Waals surface area (Å²) in [5.74, 6) is 0.460. The third-order valence-corrected chi connectivity index (χ3v) is 3.81. The van der Waals surface area contributed by atoms with E-state index in [2.05, 4.69) is 36.3 Å². The molecule has 0 spiro atoms. The lowest BCUT2D eigenvalue weighted by molar-refractivity contribution is 0.260. The van der Waals surface area contributed by atoms with Gasteiger partial charge >= 0.3 is 0 Å². The van der Waals surface area contributed by atoms with Crippen LogP contribution >= 0.6 is 8.53 Å². The van der Waals surface area contributed by atoms with Crippen LogP contribution < -0.4 is 5.09 Å². The molecule has 1 N–H and O–H groups in total. The van der Waals surface area contributed by atoms with E-state index in [0.717, 1.165) is 6.54 Å². The highest BCUT2D eigenvalue weighted by Crippen LogP contribution is 2.33. The zero-order valence-corrected chi connectivity index (χ0v) is 11.7. The maximum Gasteiger partial charge on any atom is 0.255 e. The van der Waals surface area contributed by atoms with Crippen LogP contribution in [0.1, 0.15) is 32.3 Å². The highest BCUT2D eigenvalue weighted by atomic mass is 31.2. The average Bonchev–Trinajstić information content (AvgIpc) is 2.37. The molecule has 0 fully saturated rings. The molecule has 0 amide bonds. The fourth-order valence-electron chi connectivity index (χ4n) is 1.47. The fraction of sp³-hybridized carbons (Fsp3) is 0.538. The summed E-state index contributed by atoms with van der Waals surface area (Å²) in [6, 6.07) is 10.5. The topological polar surface area (TPSA) is 30.5 Å². The summed E-state index contributed by atoms with van der Waals surface area (Å²) >= 11 is 0. The van der Waals surface area contributed by atoms with Crippen LogP contribution in [0.25, 0.3) is 0 Å². The van der Waals surface area contributed by atoms with Crippen molar-refractivity contribution >= 4 is 8.53 Å². The van der Waals surface area contributed by atoms with Crippen LogP contribution in [0.2, 0.25) is 0 Å². The Morgan fingerprint density at radius 3 is 2.24 bits per heavy atom. The predicted octanol–water partition coefficient (Wildman–Crippen LogP) is 3.68. The molecule has 0 aliphatic carbocycles. The van der Waals surface area contributed by atoms with Crippen molar-refractivity contribution in [1.82, 2.24) is 5.09 Å². The van der Waals surface area contributed by atoms with Gasteiger partial charge in [0.25, 0.3) is 8.53 Å². The zero-order valence-electron chi connectivity index (χ0n) is 10.8. The van der Waals surface area contributed by atoms with E-state index in [-0.39, 0.29) is 0 Å². The lowest BCUT2D eigenvalue weighted by atomic mass is 10.0. The fourth-order valence-corrected chi connectivity index (χ4v) is 2.62. The Morgan fingerprint density at radius 1 is 1.12 bits per heavy atom. The minimum atomic E-state index is -0.934. The molecule has 1 atom stereocenters. The van der Waals surface area contributed by atoms with E-state index in [9.17, 15) is 0 Å². The van der Waals surface area contributed by atoms with Gasteiger partial charge in [0.1, 0.15) is 0 Å². The first-order chi connectivity index (χ1) is 8.27. The first-order valence-electron chi connectivity index (χ1n) is 6.12. The van der Waals surface area contributed by atoms with Gasteiger partial charge in [-0.25, -0.2) is 5.09 Å². The Bertz CT molecular complexity index is 289. The number of rotatable bonds is 8. The number of benzene rings is 1. The van der Waals surface area contributed by atoms with Crippen LogP contribution in [-0.4, -0.2) is 19.8 Å². The standard InChI is InChI=1S/C13H22NO2P/c1-4-15-17(16-5-2)14-11-12(3)13-9-7-6-8-10-13/h6-10,12,14H,4-5,11H2,1-3H3. The molecular weight excluding hydrogens is 233 g/mol. The molecular formula is C13H22NO2P. The van der Waals surface area contributed by atoms with E-state index in [1.54, 1.807) is 0 Å². The normalized spacial score (nSPS) is 12.9. The quantitative estimate of drug-likeness (QED) is 0.719. The van der Waals surface area contributed by atoms with E-state index in [1.807, 2.05) is 19.9 Å². The summed E-state index contributed by atoms with van der Waals surface area (Å²) in [5.41, 5.74) is 1.34. The molecule has 96 valence electrons. The van der Waals surface area contributed by atoms with Gasteiger partial charge in [-0.1, -0.05) is 37.3 Å². The molecule has 0 radical (unpaired) electrons. The molecule has 0 saturated heterocycles. The lowest BCUT2D eigenvalue weighted by Gasteiger charge is -2.19. The van der Waals surface area contributed by atoms with Gasteiger partial charge in [-0.2, -0.15) is 0 Å². The van der Waals surface area contributed by atoms with Gasteiger partial charge in [-0.3, -0.25) is 0 Å². The van der Waals surface area contributed by atoms with E-state index in [0.29, 0.717) is 19.1 Å². The van der Waals surface area contributed by atoms with Crippen LogP contribution in [0.4, 0.5) is 0 Å². The number of hydrogen-bond donors (Lipinski definition) is 1. The minimum absolute atomic E-state index is 0.460. The van der Waals surface area contributed by atoms with Crippen molar-refractivity contribution in [1.29, 1.82) is 0 Å².